The summed E-state index contributed by atoms with van der Waals surface area (Å²) in [5.74, 6) is 0. The summed E-state index contributed by atoms with van der Waals surface area (Å²) in [7, 11) is -3.47. The van der Waals surface area contributed by atoms with E-state index in [9.17, 15) is 8.42 Å². The van der Waals surface area contributed by atoms with E-state index >= 15 is 0 Å². The van der Waals surface area contributed by atoms with Crippen molar-refractivity contribution < 1.29 is 8.42 Å². The van der Waals surface area contributed by atoms with E-state index in [0.29, 0.717) is 4.90 Å². The predicted octanol–water partition coefficient (Wildman–Crippen LogP) is 2.44. The zero-order valence-electron chi connectivity index (χ0n) is 11.7. The SMILES string of the molecule is O=S(=O)(NCc1cccnc1)c1ccc2c(c1)CCCC2. The standard InChI is InChI=1S/C16H18N2O2S/c19-21(20,18-12-13-4-3-9-17-11-13)16-8-7-14-5-1-2-6-15(14)10-16/h3-4,7-11,18H,1-2,5-6,12H2. The zero-order valence-corrected chi connectivity index (χ0v) is 12.6. The Bertz CT molecular complexity index is 727. The molecule has 1 aromatic heterocycles. The highest BCUT2D eigenvalue weighted by molar-refractivity contribution is 7.89. The Labute approximate surface area is 125 Å². The fraction of sp³-hybridized carbons (Fsp3) is 0.312. The average Bonchev–Trinajstić information content (AvgIpc) is 2.53. The predicted molar refractivity (Wildman–Crippen MR) is 81.3 cm³/mol. The summed E-state index contributed by atoms with van der Waals surface area (Å²) >= 11 is 0. The highest BCUT2D eigenvalue weighted by atomic mass is 32.2. The van der Waals surface area contributed by atoms with Crippen molar-refractivity contribution in [1.82, 2.24) is 9.71 Å². The van der Waals surface area contributed by atoms with Crippen LogP contribution >= 0.6 is 0 Å². The van der Waals surface area contributed by atoms with Gasteiger partial charge in [-0.05, 0) is 60.6 Å². The molecule has 0 atom stereocenters. The molecule has 0 radical (unpaired) electrons. The molecule has 1 aliphatic carbocycles. The van der Waals surface area contributed by atoms with Gasteiger partial charge >= 0.3 is 0 Å². The lowest BCUT2D eigenvalue weighted by molar-refractivity contribution is 0.580. The van der Waals surface area contributed by atoms with Gasteiger partial charge in [0, 0.05) is 18.9 Å². The minimum absolute atomic E-state index is 0.257. The fourth-order valence-electron chi connectivity index (χ4n) is 2.64. The van der Waals surface area contributed by atoms with Crippen LogP contribution in [0.3, 0.4) is 0 Å². The lowest BCUT2D eigenvalue weighted by Crippen LogP contribution is -2.23. The van der Waals surface area contributed by atoms with Crippen molar-refractivity contribution >= 4 is 10.0 Å². The first-order chi connectivity index (χ1) is 10.1. The van der Waals surface area contributed by atoms with E-state index in [4.69, 9.17) is 0 Å². The normalized spacial score (nSPS) is 14.7. The maximum atomic E-state index is 12.4. The van der Waals surface area contributed by atoms with E-state index in [1.165, 1.54) is 17.5 Å². The number of nitrogens with one attached hydrogen (secondary N) is 1. The van der Waals surface area contributed by atoms with Gasteiger partial charge in [-0.1, -0.05) is 12.1 Å². The van der Waals surface area contributed by atoms with E-state index in [1.807, 2.05) is 18.2 Å². The highest BCUT2D eigenvalue weighted by Crippen LogP contribution is 2.24. The summed E-state index contributed by atoms with van der Waals surface area (Å²) in [6.07, 6.45) is 7.69. The van der Waals surface area contributed by atoms with Crippen LogP contribution in [0.2, 0.25) is 0 Å². The van der Waals surface area contributed by atoms with Gasteiger partial charge in [-0.25, -0.2) is 13.1 Å². The molecule has 1 N–H and O–H groups in total. The molecule has 1 aromatic carbocycles. The van der Waals surface area contributed by atoms with E-state index < -0.39 is 10.0 Å². The molecule has 0 spiro atoms. The molecule has 0 saturated carbocycles. The average molecular weight is 302 g/mol. The Hall–Kier alpha value is -1.72. The first-order valence-corrected chi connectivity index (χ1v) is 8.64. The molecular weight excluding hydrogens is 284 g/mol. The van der Waals surface area contributed by atoms with E-state index in [-0.39, 0.29) is 6.54 Å². The number of sulfonamides is 1. The summed E-state index contributed by atoms with van der Waals surface area (Å²) in [5.41, 5.74) is 3.30. The number of hydrogen-bond acceptors (Lipinski definition) is 3. The Balaban J connectivity index is 1.78. The third kappa shape index (κ3) is 3.31. The number of pyridine rings is 1. The summed E-state index contributed by atoms with van der Waals surface area (Å²) in [5, 5.41) is 0. The molecule has 0 aliphatic heterocycles. The van der Waals surface area contributed by atoms with Crippen LogP contribution in [0.5, 0.6) is 0 Å². The second-order valence-corrected chi connectivity index (χ2v) is 7.09. The number of fused-ring (bicyclic) bond motifs is 1. The van der Waals surface area contributed by atoms with Crippen molar-refractivity contribution in [2.24, 2.45) is 0 Å². The van der Waals surface area contributed by atoms with E-state index in [0.717, 1.165) is 24.8 Å². The van der Waals surface area contributed by atoms with Gasteiger partial charge < -0.3 is 0 Å². The van der Waals surface area contributed by atoms with Crippen LogP contribution in [0, 0.1) is 0 Å². The molecule has 5 heteroatoms. The van der Waals surface area contributed by atoms with Crippen LogP contribution in [-0.4, -0.2) is 13.4 Å². The summed E-state index contributed by atoms with van der Waals surface area (Å²) in [6, 6.07) is 9.12. The van der Waals surface area contributed by atoms with Crippen LogP contribution in [-0.2, 0) is 29.4 Å². The molecule has 2 aromatic rings. The van der Waals surface area contributed by atoms with Crippen molar-refractivity contribution in [3.8, 4) is 0 Å². The third-order valence-corrected chi connectivity index (χ3v) is 5.22. The summed E-state index contributed by atoms with van der Waals surface area (Å²) in [4.78, 5) is 4.33. The maximum Gasteiger partial charge on any atom is 0.240 e. The number of benzene rings is 1. The lowest BCUT2D eigenvalue weighted by atomic mass is 9.92. The zero-order chi connectivity index (χ0) is 14.7. The quantitative estimate of drug-likeness (QED) is 0.943. The first kappa shape index (κ1) is 14.2. The topological polar surface area (TPSA) is 59.1 Å². The molecule has 0 fully saturated rings. The Morgan fingerprint density at radius 3 is 2.67 bits per heavy atom. The Morgan fingerprint density at radius 1 is 1.10 bits per heavy atom. The molecule has 3 rings (SSSR count). The van der Waals surface area contributed by atoms with Gasteiger partial charge in [-0.2, -0.15) is 0 Å². The Morgan fingerprint density at radius 2 is 1.90 bits per heavy atom. The molecule has 0 amide bonds. The first-order valence-electron chi connectivity index (χ1n) is 7.15. The number of nitrogens with zero attached hydrogens (tertiary/aromatic N) is 1. The van der Waals surface area contributed by atoms with Crippen molar-refractivity contribution in [3.63, 3.8) is 0 Å². The van der Waals surface area contributed by atoms with Crippen LogP contribution in [0.1, 0.15) is 29.5 Å². The molecular formula is C16H18N2O2S. The molecule has 0 unspecified atom stereocenters. The smallest absolute Gasteiger partial charge is 0.240 e. The van der Waals surface area contributed by atoms with Crippen molar-refractivity contribution in [1.29, 1.82) is 0 Å². The van der Waals surface area contributed by atoms with Crippen molar-refractivity contribution in [3.05, 3.63) is 59.4 Å². The minimum atomic E-state index is -3.47. The van der Waals surface area contributed by atoms with Crippen molar-refractivity contribution in [2.75, 3.05) is 0 Å². The Kier molecular flexibility index (Phi) is 4.03. The van der Waals surface area contributed by atoms with Gasteiger partial charge in [0.1, 0.15) is 0 Å². The molecule has 1 heterocycles. The molecule has 1 aliphatic rings. The second-order valence-electron chi connectivity index (χ2n) is 5.32. The largest absolute Gasteiger partial charge is 0.264 e. The number of hydrogen-bond donors (Lipinski definition) is 1. The molecule has 4 nitrogen and oxygen atoms in total. The van der Waals surface area contributed by atoms with Crippen LogP contribution in [0.25, 0.3) is 0 Å². The fourth-order valence-corrected chi connectivity index (χ4v) is 3.71. The van der Waals surface area contributed by atoms with Crippen molar-refractivity contribution in [2.45, 2.75) is 37.1 Å². The third-order valence-electron chi connectivity index (χ3n) is 3.82. The highest BCUT2D eigenvalue weighted by Gasteiger charge is 2.17. The van der Waals surface area contributed by atoms with Crippen LogP contribution in [0.4, 0.5) is 0 Å². The summed E-state index contributed by atoms with van der Waals surface area (Å²) in [6.45, 7) is 0.257. The number of aryl methyl sites for hydroxylation is 2. The van der Waals surface area contributed by atoms with Gasteiger partial charge in [0.25, 0.3) is 0 Å². The van der Waals surface area contributed by atoms with Gasteiger partial charge in [0.2, 0.25) is 10.0 Å². The second kappa shape index (κ2) is 5.95. The molecule has 0 bridgehead atoms. The summed E-state index contributed by atoms with van der Waals surface area (Å²) < 4.78 is 27.4. The van der Waals surface area contributed by atoms with E-state index in [2.05, 4.69) is 9.71 Å². The molecule has 21 heavy (non-hydrogen) atoms. The van der Waals surface area contributed by atoms with Gasteiger partial charge in [0.05, 0.1) is 4.90 Å². The monoisotopic (exact) mass is 302 g/mol. The maximum absolute atomic E-state index is 12.4. The van der Waals surface area contributed by atoms with Gasteiger partial charge in [-0.3, -0.25) is 4.98 Å². The van der Waals surface area contributed by atoms with Crippen LogP contribution < -0.4 is 4.72 Å². The van der Waals surface area contributed by atoms with Gasteiger partial charge in [-0.15, -0.1) is 0 Å². The molecule has 0 saturated heterocycles. The molecule has 110 valence electrons. The minimum Gasteiger partial charge on any atom is -0.264 e. The van der Waals surface area contributed by atoms with Crippen LogP contribution in [0.15, 0.2) is 47.6 Å². The van der Waals surface area contributed by atoms with Gasteiger partial charge in [0.15, 0.2) is 0 Å². The lowest BCUT2D eigenvalue weighted by Gasteiger charge is -2.16. The number of aromatic nitrogens is 1. The number of rotatable bonds is 4. The van der Waals surface area contributed by atoms with E-state index in [1.54, 1.807) is 24.5 Å².